The van der Waals surface area contributed by atoms with Gasteiger partial charge in [-0.25, -0.2) is 14.4 Å². The number of benzene rings is 2. The van der Waals surface area contributed by atoms with Gasteiger partial charge in [0.15, 0.2) is 7.85 Å². The number of alkyl halides is 3. The van der Waals surface area contributed by atoms with Crippen molar-refractivity contribution in [3.05, 3.63) is 65.1 Å². The Kier molecular flexibility index (Phi) is 6.11. The lowest BCUT2D eigenvalue weighted by molar-refractivity contribution is -0.164. The SMILES string of the molecule is [B]C(O)(c1ccc(C(F)(F)F)cc1F)N(C(=O)c1ccc2nc(N)c3cnn(C)c3c2c1)N(C)C(C)=O. The van der Waals surface area contributed by atoms with Crippen LogP contribution in [0.15, 0.2) is 42.6 Å². The van der Waals surface area contributed by atoms with Gasteiger partial charge in [0.25, 0.3) is 5.91 Å². The van der Waals surface area contributed by atoms with Crippen LogP contribution in [-0.2, 0) is 23.6 Å². The normalized spacial score (nSPS) is 13.5. The molecule has 0 saturated heterocycles. The largest absolute Gasteiger partial charge is 0.416 e. The van der Waals surface area contributed by atoms with E-state index in [1.807, 2.05) is 0 Å². The summed E-state index contributed by atoms with van der Waals surface area (Å²) in [6.45, 7) is 1.05. The van der Waals surface area contributed by atoms with Crippen LogP contribution in [0.3, 0.4) is 0 Å². The van der Waals surface area contributed by atoms with Gasteiger partial charge in [-0.05, 0) is 30.3 Å². The zero-order chi connectivity index (χ0) is 27.4. The molecule has 1 atom stereocenters. The number of carbonyl (C=O) groups excluding carboxylic acids is 2. The van der Waals surface area contributed by atoms with E-state index in [2.05, 4.69) is 10.1 Å². The van der Waals surface area contributed by atoms with Gasteiger partial charge in [0.05, 0.1) is 28.2 Å². The lowest BCUT2D eigenvalue weighted by Gasteiger charge is -2.43. The summed E-state index contributed by atoms with van der Waals surface area (Å²) < 4.78 is 55.3. The number of hydrazine groups is 1. The minimum atomic E-state index is -4.86. The molecule has 14 heteroatoms. The van der Waals surface area contributed by atoms with Crippen molar-refractivity contribution < 1.29 is 32.3 Å². The highest BCUT2D eigenvalue weighted by molar-refractivity contribution is 6.17. The molecule has 2 heterocycles. The maximum absolute atomic E-state index is 14.8. The van der Waals surface area contributed by atoms with Crippen molar-refractivity contribution in [2.75, 3.05) is 12.8 Å². The molecule has 0 spiro atoms. The number of aliphatic hydroxyl groups is 1. The minimum Gasteiger partial charge on any atom is -0.383 e. The summed E-state index contributed by atoms with van der Waals surface area (Å²) in [6, 6.07) is 5.41. The quantitative estimate of drug-likeness (QED) is 0.188. The minimum absolute atomic E-state index is 0.106. The van der Waals surface area contributed by atoms with E-state index in [1.165, 1.54) is 29.1 Å². The highest BCUT2D eigenvalue weighted by atomic mass is 19.4. The zero-order valence-corrected chi connectivity index (χ0v) is 19.7. The summed E-state index contributed by atoms with van der Waals surface area (Å²) in [5.41, 5.74) is 1.57. The number of pyridine rings is 1. The Morgan fingerprint density at radius 3 is 2.41 bits per heavy atom. The standard InChI is InChI=1S/C23H19BF4N6O3/c1-11(35)33(3)34(22(24,37)16-6-5-13(9-17(16)25)23(26,27)28)21(36)12-4-7-18-14(8-12)19-15(20(29)31-18)10-30-32(19)2/h4-10,37H,1-3H3,(H2,29,31). The maximum atomic E-state index is 14.8. The van der Waals surface area contributed by atoms with E-state index < -0.39 is 40.6 Å². The highest BCUT2D eigenvalue weighted by Crippen LogP contribution is 2.35. The van der Waals surface area contributed by atoms with Crippen molar-refractivity contribution in [2.24, 2.45) is 7.05 Å². The van der Waals surface area contributed by atoms with Gasteiger partial charge < -0.3 is 10.8 Å². The number of nitrogens with two attached hydrogens (primary N) is 1. The molecular weight excluding hydrogens is 495 g/mol. The summed E-state index contributed by atoms with van der Waals surface area (Å²) in [5.74, 6) is -3.17. The van der Waals surface area contributed by atoms with Crippen LogP contribution in [0.1, 0.15) is 28.4 Å². The van der Waals surface area contributed by atoms with Gasteiger partial charge in [0.1, 0.15) is 17.3 Å². The molecule has 0 bridgehead atoms. The van der Waals surface area contributed by atoms with Gasteiger partial charge >= 0.3 is 6.18 Å². The third kappa shape index (κ3) is 4.33. The van der Waals surface area contributed by atoms with Crippen LogP contribution in [0.2, 0.25) is 0 Å². The number of aryl methyl sites for hydroxylation is 1. The van der Waals surface area contributed by atoms with Gasteiger partial charge in [-0.1, -0.05) is 6.07 Å². The average Bonchev–Trinajstić information content (AvgIpc) is 3.20. The van der Waals surface area contributed by atoms with E-state index in [1.54, 1.807) is 7.05 Å². The Bertz CT molecular complexity index is 1570. The molecule has 2 aromatic heterocycles. The highest BCUT2D eigenvalue weighted by Gasteiger charge is 2.42. The predicted octanol–water partition coefficient (Wildman–Crippen LogP) is 2.67. The van der Waals surface area contributed by atoms with Gasteiger partial charge in [-0.2, -0.15) is 18.3 Å². The van der Waals surface area contributed by atoms with E-state index in [4.69, 9.17) is 13.6 Å². The first kappa shape index (κ1) is 25.9. The number of hydrogen-bond acceptors (Lipinski definition) is 6. The van der Waals surface area contributed by atoms with Crippen molar-refractivity contribution in [3.8, 4) is 0 Å². The molecule has 0 fully saturated rings. The second kappa shape index (κ2) is 8.73. The third-order valence-electron chi connectivity index (χ3n) is 5.92. The summed E-state index contributed by atoms with van der Waals surface area (Å²) >= 11 is 0. The van der Waals surface area contributed by atoms with Gasteiger partial charge in [-0.15, -0.1) is 0 Å². The molecule has 0 aliphatic heterocycles. The fourth-order valence-electron chi connectivity index (χ4n) is 3.98. The van der Waals surface area contributed by atoms with Crippen LogP contribution in [0.4, 0.5) is 23.4 Å². The number of anilines is 1. The van der Waals surface area contributed by atoms with E-state index in [-0.39, 0.29) is 17.4 Å². The molecule has 1 unspecified atom stereocenters. The second-order valence-corrected chi connectivity index (χ2v) is 8.34. The fourth-order valence-corrected chi connectivity index (χ4v) is 3.98. The topological polar surface area (TPSA) is 118 Å². The van der Waals surface area contributed by atoms with E-state index >= 15 is 0 Å². The molecular formula is C23H19BF4N6O3. The third-order valence-corrected chi connectivity index (χ3v) is 5.92. The molecule has 0 saturated carbocycles. The Morgan fingerprint density at radius 2 is 1.81 bits per heavy atom. The fraction of sp³-hybridized carbons (Fsp3) is 0.217. The number of rotatable bonds is 3. The number of halogens is 4. The van der Waals surface area contributed by atoms with Crippen molar-refractivity contribution >= 4 is 47.3 Å². The molecule has 0 aliphatic carbocycles. The van der Waals surface area contributed by atoms with Crippen molar-refractivity contribution in [3.63, 3.8) is 0 Å². The first-order chi connectivity index (χ1) is 17.1. The zero-order valence-electron chi connectivity index (χ0n) is 19.7. The molecule has 3 N–H and O–H groups in total. The molecule has 4 aromatic rings. The number of amides is 2. The van der Waals surface area contributed by atoms with Crippen LogP contribution in [-0.4, -0.2) is 56.6 Å². The number of hydrogen-bond donors (Lipinski definition) is 2. The molecule has 9 nitrogen and oxygen atoms in total. The van der Waals surface area contributed by atoms with Crippen molar-refractivity contribution in [1.82, 2.24) is 24.8 Å². The first-order valence-electron chi connectivity index (χ1n) is 10.6. The Hall–Kier alpha value is -4.20. The van der Waals surface area contributed by atoms with Crippen LogP contribution in [0.25, 0.3) is 21.8 Å². The lowest BCUT2D eigenvalue weighted by Crippen LogP contribution is -2.59. The number of nitrogens with zero attached hydrogens (tertiary/aromatic N) is 5. The molecule has 190 valence electrons. The number of nitrogen functional groups attached to an aromatic ring is 1. The van der Waals surface area contributed by atoms with Gasteiger partial charge in [0, 0.05) is 37.5 Å². The van der Waals surface area contributed by atoms with Crippen LogP contribution in [0, 0.1) is 5.82 Å². The van der Waals surface area contributed by atoms with Crippen LogP contribution < -0.4 is 5.73 Å². The predicted molar refractivity (Wildman–Crippen MR) is 126 cm³/mol. The summed E-state index contributed by atoms with van der Waals surface area (Å²) in [6.07, 6.45) is -3.37. The van der Waals surface area contributed by atoms with E-state index in [9.17, 15) is 32.3 Å². The number of aromatic nitrogens is 3. The molecule has 2 radical (unpaired) electrons. The Balaban J connectivity index is 1.87. The van der Waals surface area contributed by atoms with Crippen molar-refractivity contribution in [1.29, 1.82) is 0 Å². The lowest BCUT2D eigenvalue weighted by atomic mass is 9.82. The molecule has 2 aromatic carbocycles. The van der Waals surface area contributed by atoms with Gasteiger partial charge in [-0.3, -0.25) is 19.3 Å². The molecule has 4 rings (SSSR count). The number of fused-ring (bicyclic) bond motifs is 3. The van der Waals surface area contributed by atoms with Gasteiger partial charge in [0.2, 0.25) is 5.91 Å². The summed E-state index contributed by atoms with van der Waals surface area (Å²) in [7, 11) is 8.69. The molecule has 0 aliphatic rings. The maximum Gasteiger partial charge on any atom is 0.416 e. The Labute approximate surface area is 208 Å². The van der Waals surface area contributed by atoms with E-state index in [0.717, 1.165) is 14.0 Å². The number of carbonyl (C=O) groups is 2. The summed E-state index contributed by atoms with van der Waals surface area (Å²) in [5, 5.41) is 17.2. The van der Waals surface area contributed by atoms with E-state index in [0.29, 0.717) is 44.0 Å². The smallest absolute Gasteiger partial charge is 0.383 e. The molecule has 2 amide bonds. The average molecular weight is 514 g/mol. The van der Waals surface area contributed by atoms with Crippen LogP contribution >= 0.6 is 0 Å². The van der Waals surface area contributed by atoms with Crippen molar-refractivity contribution in [2.45, 2.75) is 18.7 Å². The van der Waals surface area contributed by atoms with Crippen LogP contribution in [0.5, 0.6) is 0 Å². The molecule has 37 heavy (non-hydrogen) atoms. The summed E-state index contributed by atoms with van der Waals surface area (Å²) in [4.78, 5) is 30.1. The first-order valence-corrected chi connectivity index (χ1v) is 10.6. The Morgan fingerprint density at radius 1 is 1.14 bits per heavy atom. The monoisotopic (exact) mass is 514 g/mol. The second-order valence-electron chi connectivity index (χ2n) is 8.34.